The number of halogens is 1. The first-order chi connectivity index (χ1) is 9.15. The molecule has 0 atom stereocenters. The van der Waals surface area contributed by atoms with Gasteiger partial charge in [-0.3, -0.25) is 0 Å². The highest BCUT2D eigenvalue weighted by atomic mass is 32.3. The summed E-state index contributed by atoms with van der Waals surface area (Å²) >= 11 is 0. The molecule has 2 rings (SSSR count). The minimum atomic E-state index is -4.61. The van der Waals surface area contributed by atoms with E-state index in [0.29, 0.717) is 13.0 Å². The standard InChI is InChI=1S/C14H20FNO3S/c1-14(2,3)10-19-13-5-4-12-9-16(20(15,17)18)7-6-11(12)8-13/h4-5,8H,6-7,9-10H2,1-3H3. The number of benzene rings is 1. The highest BCUT2D eigenvalue weighted by Crippen LogP contribution is 2.26. The van der Waals surface area contributed by atoms with Crippen molar-refractivity contribution in [2.45, 2.75) is 33.7 Å². The zero-order chi connectivity index (χ0) is 15.0. The molecule has 20 heavy (non-hydrogen) atoms. The molecular weight excluding hydrogens is 281 g/mol. The monoisotopic (exact) mass is 301 g/mol. The van der Waals surface area contributed by atoms with Crippen LogP contribution in [0.15, 0.2) is 18.2 Å². The van der Waals surface area contributed by atoms with Crippen LogP contribution in [0.4, 0.5) is 3.89 Å². The zero-order valence-corrected chi connectivity index (χ0v) is 12.8. The molecule has 0 spiro atoms. The molecule has 0 saturated heterocycles. The number of hydrogen-bond acceptors (Lipinski definition) is 3. The minimum Gasteiger partial charge on any atom is -0.493 e. The summed E-state index contributed by atoms with van der Waals surface area (Å²) in [6.45, 7) is 7.15. The average Bonchev–Trinajstić information content (AvgIpc) is 2.33. The SMILES string of the molecule is CC(C)(C)COc1ccc2c(c1)CCN(S(=O)(=O)F)C2. The second-order valence-corrected chi connectivity index (χ2v) is 7.65. The fourth-order valence-electron chi connectivity index (χ4n) is 2.08. The first-order valence-electron chi connectivity index (χ1n) is 6.59. The van der Waals surface area contributed by atoms with Crippen molar-refractivity contribution in [2.24, 2.45) is 5.41 Å². The molecule has 0 aromatic heterocycles. The Bertz CT molecular complexity index is 593. The number of nitrogens with zero attached hydrogens (tertiary/aromatic N) is 1. The van der Waals surface area contributed by atoms with Gasteiger partial charge in [0, 0.05) is 13.1 Å². The maximum Gasteiger partial charge on any atom is 0.375 e. The molecule has 0 N–H and O–H groups in total. The van der Waals surface area contributed by atoms with Gasteiger partial charge < -0.3 is 4.74 Å². The molecule has 6 heteroatoms. The molecule has 1 heterocycles. The summed E-state index contributed by atoms with van der Waals surface area (Å²) in [4.78, 5) is 0. The van der Waals surface area contributed by atoms with Gasteiger partial charge in [0.05, 0.1) is 6.61 Å². The van der Waals surface area contributed by atoms with Gasteiger partial charge in [0.1, 0.15) is 5.75 Å². The van der Waals surface area contributed by atoms with Crippen molar-refractivity contribution in [3.63, 3.8) is 0 Å². The molecule has 4 nitrogen and oxygen atoms in total. The predicted octanol–water partition coefficient (Wildman–Crippen LogP) is 2.68. The van der Waals surface area contributed by atoms with Crippen LogP contribution in [0.25, 0.3) is 0 Å². The molecule has 1 aromatic carbocycles. The van der Waals surface area contributed by atoms with Crippen LogP contribution >= 0.6 is 0 Å². The van der Waals surface area contributed by atoms with E-state index in [0.717, 1.165) is 21.2 Å². The van der Waals surface area contributed by atoms with E-state index >= 15 is 0 Å². The minimum absolute atomic E-state index is 0.0784. The lowest BCUT2D eigenvalue weighted by Gasteiger charge is -2.25. The maximum absolute atomic E-state index is 13.0. The summed E-state index contributed by atoms with van der Waals surface area (Å²) in [5, 5.41) is 0. The van der Waals surface area contributed by atoms with Gasteiger partial charge in [-0.05, 0) is 35.1 Å². The Balaban J connectivity index is 2.11. The first kappa shape index (κ1) is 15.3. The summed E-state index contributed by atoms with van der Waals surface area (Å²) in [7, 11) is -4.61. The summed E-state index contributed by atoms with van der Waals surface area (Å²) in [6.07, 6.45) is 0.505. The zero-order valence-electron chi connectivity index (χ0n) is 12.0. The summed E-state index contributed by atoms with van der Waals surface area (Å²) in [6, 6.07) is 5.53. The van der Waals surface area contributed by atoms with E-state index in [4.69, 9.17) is 4.74 Å². The molecule has 0 radical (unpaired) electrons. The van der Waals surface area contributed by atoms with Crippen LogP contribution in [0.1, 0.15) is 31.9 Å². The van der Waals surface area contributed by atoms with E-state index in [9.17, 15) is 12.3 Å². The highest BCUT2D eigenvalue weighted by Gasteiger charge is 2.26. The van der Waals surface area contributed by atoms with Gasteiger partial charge in [0.2, 0.25) is 0 Å². The first-order valence-corrected chi connectivity index (χ1v) is 7.93. The van der Waals surface area contributed by atoms with E-state index in [1.54, 1.807) is 6.07 Å². The van der Waals surface area contributed by atoms with E-state index in [2.05, 4.69) is 20.8 Å². The quantitative estimate of drug-likeness (QED) is 0.806. The van der Waals surface area contributed by atoms with Gasteiger partial charge in [-0.1, -0.05) is 30.7 Å². The van der Waals surface area contributed by atoms with Gasteiger partial charge in [0.15, 0.2) is 0 Å². The molecule has 0 fully saturated rings. The predicted molar refractivity (Wildman–Crippen MR) is 75.5 cm³/mol. The van der Waals surface area contributed by atoms with E-state index in [1.165, 1.54) is 0 Å². The van der Waals surface area contributed by atoms with Crippen LogP contribution in [0.2, 0.25) is 0 Å². The van der Waals surface area contributed by atoms with Crippen LogP contribution in [0, 0.1) is 5.41 Å². The smallest absolute Gasteiger partial charge is 0.375 e. The fraction of sp³-hybridized carbons (Fsp3) is 0.571. The van der Waals surface area contributed by atoms with Crippen molar-refractivity contribution in [1.29, 1.82) is 0 Å². The van der Waals surface area contributed by atoms with Crippen molar-refractivity contribution in [1.82, 2.24) is 4.31 Å². The molecule has 0 aliphatic carbocycles. The second-order valence-electron chi connectivity index (χ2n) is 6.31. The van der Waals surface area contributed by atoms with Crippen LogP contribution in [-0.2, 0) is 23.4 Å². The Morgan fingerprint density at radius 3 is 2.60 bits per heavy atom. The van der Waals surface area contributed by atoms with Crippen molar-refractivity contribution in [2.75, 3.05) is 13.2 Å². The highest BCUT2D eigenvalue weighted by molar-refractivity contribution is 7.83. The van der Waals surface area contributed by atoms with Crippen LogP contribution in [0.5, 0.6) is 5.75 Å². The van der Waals surface area contributed by atoms with Gasteiger partial charge in [-0.2, -0.15) is 12.7 Å². The summed E-state index contributed by atoms with van der Waals surface area (Å²) in [5.74, 6) is 0.773. The third kappa shape index (κ3) is 3.93. The molecule has 1 aliphatic rings. The topological polar surface area (TPSA) is 46.6 Å². The molecule has 0 saturated carbocycles. The summed E-state index contributed by atoms with van der Waals surface area (Å²) < 4.78 is 41.4. The van der Waals surface area contributed by atoms with Gasteiger partial charge in [-0.15, -0.1) is 0 Å². The number of rotatable bonds is 3. The Hall–Kier alpha value is -1.14. The molecule has 0 amide bonds. The van der Waals surface area contributed by atoms with Crippen LogP contribution in [0.3, 0.4) is 0 Å². The van der Waals surface area contributed by atoms with E-state index in [1.807, 2.05) is 12.1 Å². The number of hydrogen-bond donors (Lipinski definition) is 0. The molecule has 1 aliphatic heterocycles. The third-order valence-corrected chi connectivity index (χ3v) is 4.06. The Kier molecular flexibility index (Phi) is 4.07. The lowest BCUT2D eigenvalue weighted by molar-refractivity contribution is 0.197. The fourth-order valence-corrected chi connectivity index (χ4v) is 2.68. The summed E-state index contributed by atoms with van der Waals surface area (Å²) in [5.41, 5.74) is 1.94. The van der Waals surface area contributed by atoms with Crippen LogP contribution in [-0.4, -0.2) is 25.9 Å². The lowest BCUT2D eigenvalue weighted by Crippen LogP contribution is -2.33. The van der Waals surface area contributed by atoms with Gasteiger partial charge >= 0.3 is 10.4 Å². The largest absolute Gasteiger partial charge is 0.493 e. The van der Waals surface area contributed by atoms with Gasteiger partial charge in [-0.25, -0.2) is 0 Å². The second kappa shape index (κ2) is 5.33. The average molecular weight is 301 g/mol. The Labute approximate surface area is 119 Å². The molecule has 1 aromatic rings. The van der Waals surface area contributed by atoms with Crippen molar-refractivity contribution < 1.29 is 17.0 Å². The Morgan fingerprint density at radius 2 is 2.00 bits per heavy atom. The Morgan fingerprint density at radius 1 is 1.30 bits per heavy atom. The molecule has 0 bridgehead atoms. The van der Waals surface area contributed by atoms with Gasteiger partial charge in [0.25, 0.3) is 0 Å². The maximum atomic E-state index is 13.0. The van der Waals surface area contributed by atoms with E-state index in [-0.39, 0.29) is 18.5 Å². The van der Waals surface area contributed by atoms with E-state index < -0.39 is 10.4 Å². The van der Waals surface area contributed by atoms with Crippen molar-refractivity contribution in [3.8, 4) is 5.75 Å². The lowest BCUT2D eigenvalue weighted by atomic mass is 9.98. The molecule has 0 unspecified atom stereocenters. The normalized spacial score (nSPS) is 16.8. The number of ether oxygens (including phenoxy) is 1. The third-order valence-electron chi connectivity index (χ3n) is 3.14. The molecule has 112 valence electrons. The van der Waals surface area contributed by atoms with Crippen molar-refractivity contribution in [3.05, 3.63) is 29.3 Å². The van der Waals surface area contributed by atoms with Crippen LogP contribution < -0.4 is 4.74 Å². The number of fused-ring (bicyclic) bond motifs is 1. The van der Waals surface area contributed by atoms with Crippen molar-refractivity contribution >= 4 is 10.4 Å². The molecular formula is C14H20FNO3S.